The number of nitrogens with zero attached hydrogens (tertiary/aromatic N) is 1. The molecule has 1 aromatic rings. The molecular formula is C15H23BrN2. The van der Waals surface area contributed by atoms with Crippen LogP contribution in [-0.4, -0.2) is 30.6 Å². The quantitative estimate of drug-likeness (QED) is 0.891. The van der Waals surface area contributed by atoms with E-state index in [1.165, 1.54) is 24.2 Å². The van der Waals surface area contributed by atoms with Crippen LogP contribution in [0.15, 0.2) is 22.7 Å². The van der Waals surface area contributed by atoms with E-state index in [1.54, 1.807) is 0 Å². The summed E-state index contributed by atoms with van der Waals surface area (Å²) in [6.07, 6.45) is 1.21. The van der Waals surface area contributed by atoms with E-state index in [9.17, 15) is 0 Å². The van der Waals surface area contributed by atoms with Crippen molar-refractivity contribution >= 4 is 21.6 Å². The highest BCUT2D eigenvalue weighted by atomic mass is 79.9. The predicted octanol–water partition coefficient (Wildman–Crippen LogP) is 3.90. The molecule has 0 aromatic heterocycles. The summed E-state index contributed by atoms with van der Waals surface area (Å²) >= 11 is 3.57. The Bertz CT molecular complexity index is 399. The third-order valence-electron chi connectivity index (χ3n) is 4.00. The van der Waals surface area contributed by atoms with Gasteiger partial charge >= 0.3 is 0 Å². The van der Waals surface area contributed by atoms with Crippen LogP contribution in [-0.2, 0) is 0 Å². The zero-order valence-electron chi connectivity index (χ0n) is 11.7. The molecule has 3 unspecified atom stereocenters. The Morgan fingerprint density at radius 3 is 2.67 bits per heavy atom. The standard InChI is InChI=1S/C15H23BrN2/c1-10-5-13(16)8-14(6-10)17-15-7-12(3)18(4)9-11(15)2/h5-6,8,11-12,15,17H,7,9H2,1-4H3. The van der Waals surface area contributed by atoms with Gasteiger partial charge in [-0.1, -0.05) is 22.9 Å². The Balaban J connectivity index is 2.08. The fourth-order valence-corrected chi connectivity index (χ4v) is 3.38. The van der Waals surface area contributed by atoms with E-state index in [0.717, 1.165) is 4.47 Å². The SMILES string of the molecule is Cc1cc(Br)cc(NC2CC(C)N(C)CC2C)c1. The molecule has 3 atom stereocenters. The molecule has 1 heterocycles. The third kappa shape index (κ3) is 3.27. The zero-order chi connectivity index (χ0) is 13.3. The Morgan fingerprint density at radius 1 is 1.28 bits per heavy atom. The van der Waals surface area contributed by atoms with Gasteiger partial charge in [0, 0.05) is 28.8 Å². The van der Waals surface area contributed by atoms with Gasteiger partial charge < -0.3 is 10.2 Å². The highest BCUT2D eigenvalue weighted by molar-refractivity contribution is 9.10. The van der Waals surface area contributed by atoms with Crippen LogP contribution in [0.5, 0.6) is 0 Å². The molecule has 0 radical (unpaired) electrons. The van der Waals surface area contributed by atoms with E-state index < -0.39 is 0 Å². The van der Waals surface area contributed by atoms with Crippen LogP contribution >= 0.6 is 15.9 Å². The summed E-state index contributed by atoms with van der Waals surface area (Å²) in [5.41, 5.74) is 2.52. The summed E-state index contributed by atoms with van der Waals surface area (Å²) in [6, 6.07) is 7.77. The number of piperidine rings is 1. The summed E-state index contributed by atoms with van der Waals surface area (Å²) in [5, 5.41) is 3.71. The summed E-state index contributed by atoms with van der Waals surface area (Å²) in [4.78, 5) is 2.45. The zero-order valence-corrected chi connectivity index (χ0v) is 13.3. The van der Waals surface area contributed by atoms with Crippen LogP contribution in [0, 0.1) is 12.8 Å². The molecule has 0 saturated carbocycles. The Hall–Kier alpha value is -0.540. The van der Waals surface area contributed by atoms with Crippen molar-refractivity contribution in [1.82, 2.24) is 4.90 Å². The minimum Gasteiger partial charge on any atom is -0.382 e. The fourth-order valence-electron chi connectivity index (χ4n) is 2.78. The summed E-state index contributed by atoms with van der Waals surface area (Å²) < 4.78 is 1.15. The summed E-state index contributed by atoms with van der Waals surface area (Å²) in [5.74, 6) is 0.686. The molecule has 0 aliphatic carbocycles. The second-order valence-electron chi connectivity index (χ2n) is 5.77. The Morgan fingerprint density at radius 2 is 2.00 bits per heavy atom. The number of benzene rings is 1. The van der Waals surface area contributed by atoms with Crippen molar-refractivity contribution in [3.8, 4) is 0 Å². The number of halogens is 1. The second kappa shape index (κ2) is 5.62. The molecule has 18 heavy (non-hydrogen) atoms. The Labute approximate surface area is 119 Å². The molecule has 0 spiro atoms. The van der Waals surface area contributed by atoms with Gasteiger partial charge in [0.1, 0.15) is 0 Å². The van der Waals surface area contributed by atoms with Gasteiger partial charge in [0.15, 0.2) is 0 Å². The van der Waals surface area contributed by atoms with Crippen molar-refractivity contribution in [2.24, 2.45) is 5.92 Å². The molecule has 1 aromatic carbocycles. The molecule has 1 saturated heterocycles. The van der Waals surface area contributed by atoms with Crippen LogP contribution in [0.1, 0.15) is 25.8 Å². The first kappa shape index (κ1) is 13.9. The van der Waals surface area contributed by atoms with Crippen molar-refractivity contribution in [2.75, 3.05) is 18.9 Å². The lowest BCUT2D eigenvalue weighted by Crippen LogP contribution is -2.48. The van der Waals surface area contributed by atoms with Crippen LogP contribution in [0.3, 0.4) is 0 Å². The number of rotatable bonds is 2. The maximum atomic E-state index is 3.71. The molecule has 0 amide bonds. The Kier molecular flexibility index (Phi) is 4.33. The van der Waals surface area contributed by atoms with E-state index in [4.69, 9.17) is 0 Å². The van der Waals surface area contributed by atoms with Gasteiger partial charge in [-0.05, 0) is 57.0 Å². The first-order chi connectivity index (χ1) is 8.45. The number of aryl methyl sites for hydroxylation is 1. The number of hydrogen-bond donors (Lipinski definition) is 1. The van der Waals surface area contributed by atoms with E-state index in [-0.39, 0.29) is 0 Å². The lowest BCUT2D eigenvalue weighted by atomic mass is 9.89. The number of anilines is 1. The topological polar surface area (TPSA) is 15.3 Å². The summed E-state index contributed by atoms with van der Waals surface area (Å²) in [7, 11) is 2.22. The molecule has 100 valence electrons. The van der Waals surface area contributed by atoms with Crippen molar-refractivity contribution in [2.45, 2.75) is 39.3 Å². The van der Waals surface area contributed by atoms with Gasteiger partial charge in [-0.3, -0.25) is 0 Å². The minimum absolute atomic E-state index is 0.574. The highest BCUT2D eigenvalue weighted by Gasteiger charge is 2.28. The van der Waals surface area contributed by atoms with Gasteiger partial charge in [-0.25, -0.2) is 0 Å². The summed E-state index contributed by atoms with van der Waals surface area (Å²) in [6.45, 7) is 7.96. The van der Waals surface area contributed by atoms with Crippen LogP contribution < -0.4 is 5.32 Å². The normalized spacial score (nSPS) is 29.3. The van der Waals surface area contributed by atoms with Gasteiger partial charge in [-0.15, -0.1) is 0 Å². The van der Waals surface area contributed by atoms with E-state index in [1.807, 2.05) is 0 Å². The van der Waals surface area contributed by atoms with E-state index in [2.05, 4.69) is 72.2 Å². The molecule has 1 aliphatic heterocycles. The molecule has 1 fully saturated rings. The maximum Gasteiger partial charge on any atom is 0.0356 e. The van der Waals surface area contributed by atoms with E-state index >= 15 is 0 Å². The van der Waals surface area contributed by atoms with E-state index in [0.29, 0.717) is 18.0 Å². The lowest BCUT2D eigenvalue weighted by Gasteiger charge is -2.40. The van der Waals surface area contributed by atoms with Gasteiger partial charge in [-0.2, -0.15) is 0 Å². The third-order valence-corrected chi connectivity index (χ3v) is 4.46. The number of hydrogen-bond acceptors (Lipinski definition) is 2. The van der Waals surface area contributed by atoms with Crippen LogP contribution in [0.4, 0.5) is 5.69 Å². The minimum atomic E-state index is 0.574. The average molecular weight is 311 g/mol. The number of likely N-dealkylation sites (tertiary alicyclic amines) is 1. The molecular weight excluding hydrogens is 288 g/mol. The van der Waals surface area contributed by atoms with Crippen molar-refractivity contribution in [3.63, 3.8) is 0 Å². The molecule has 1 aliphatic rings. The maximum absolute atomic E-state index is 3.71. The van der Waals surface area contributed by atoms with Crippen molar-refractivity contribution in [3.05, 3.63) is 28.2 Å². The average Bonchev–Trinajstić information content (AvgIpc) is 2.24. The van der Waals surface area contributed by atoms with Gasteiger partial charge in [0.2, 0.25) is 0 Å². The first-order valence-corrected chi connectivity index (χ1v) is 7.49. The first-order valence-electron chi connectivity index (χ1n) is 6.69. The predicted molar refractivity (Wildman–Crippen MR) is 82.2 cm³/mol. The smallest absolute Gasteiger partial charge is 0.0356 e. The van der Waals surface area contributed by atoms with Crippen LogP contribution in [0.25, 0.3) is 0 Å². The van der Waals surface area contributed by atoms with Gasteiger partial charge in [0.05, 0.1) is 0 Å². The highest BCUT2D eigenvalue weighted by Crippen LogP contribution is 2.26. The monoisotopic (exact) mass is 310 g/mol. The lowest BCUT2D eigenvalue weighted by molar-refractivity contribution is 0.145. The molecule has 2 nitrogen and oxygen atoms in total. The van der Waals surface area contributed by atoms with Crippen molar-refractivity contribution in [1.29, 1.82) is 0 Å². The second-order valence-corrected chi connectivity index (χ2v) is 6.69. The largest absolute Gasteiger partial charge is 0.382 e. The molecule has 0 bridgehead atoms. The molecule has 1 N–H and O–H groups in total. The fraction of sp³-hybridized carbons (Fsp3) is 0.600. The molecule has 3 heteroatoms. The van der Waals surface area contributed by atoms with Crippen molar-refractivity contribution < 1.29 is 0 Å². The molecule has 2 rings (SSSR count). The van der Waals surface area contributed by atoms with Gasteiger partial charge in [0.25, 0.3) is 0 Å². The number of nitrogens with one attached hydrogen (secondary N) is 1. The van der Waals surface area contributed by atoms with Crippen LogP contribution in [0.2, 0.25) is 0 Å².